The Morgan fingerprint density at radius 1 is 1.19 bits per heavy atom. The molecule has 1 aromatic heterocycles. The maximum Gasteiger partial charge on any atom is 0.524 e. The molecular formula is C9H11BrF4N2. The van der Waals surface area contributed by atoms with Crippen LogP contribution in [0.2, 0.25) is 0 Å². The zero-order valence-corrected chi connectivity index (χ0v) is 10.3. The first-order valence-electron chi connectivity index (χ1n) is 4.21. The minimum absolute atomic E-state index is 0. The second-order valence-electron chi connectivity index (χ2n) is 3.25. The van der Waals surface area contributed by atoms with E-state index in [2.05, 4.69) is 0 Å². The summed E-state index contributed by atoms with van der Waals surface area (Å²) in [7, 11) is 3.45. The Labute approximate surface area is 101 Å². The van der Waals surface area contributed by atoms with Gasteiger partial charge in [-0.1, -0.05) is 0 Å². The summed E-state index contributed by atoms with van der Waals surface area (Å²) in [6, 6.07) is -1.47. The van der Waals surface area contributed by atoms with Crippen LogP contribution in [0.15, 0.2) is 24.5 Å². The van der Waals surface area contributed by atoms with Crippen molar-refractivity contribution in [3.05, 3.63) is 24.5 Å². The van der Waals surface area contributed by atoms with Gasteiger partial charge in [-0.15, -0.1) is 13.3 Å². The molecule has 0 saturated heterocycles. The van der Waals surface area contributed by atoms with Crippen molar-refractivity contribution < 1.29 is 39.1 Å². The van der Waals surface area contributed by atoms with Crippen LogP contribution in [0.1, 0.15) is 0 Å². The normalized spacial score (nSPS) is 11.2. The number of rotatable bonds is 3. The van der Waals surface area contributed by atoms with Crippen LogP contribution in [-0.2, 0) is 6.05 Å². The van der Waals surface area contributed by atoms with Gasteiger partial charge in [-0.2, -0.15) is 8.78 Å². The number of anilines is 1. The largest absolute Gasteiger partial charge is 1.00 e. The van der Waals surface area contributed by atoms with Crippen LogP contribution in [0.5, 0.6) is 0 Å². The molecule has 0 spiro atoms. The second kappa shape index (κ2) is 5.47. The molecule has 0 aliphatic rings. The summed E-state index contributed by atoms with van der Waals surface area (Å²) in [6.45, 7) is 0. The lowest BCUT2D eigenvalue weighted by Crippen LogP contribution is -3.00. The van der Waals surface area contributed by atoms with Crippen LogP contribution in [0.3, 0.4) is 0 Å². The lowest BCUT2D eigenvalue weighted by Gasteiger charge is -2.13. The van der Waals surface area contributed by atoms with Crippen molar-refractivity contribution >= 4 is 5.69 Å². The quantitative estimate of drug-likeness (QED) is 0.506. The van der Waals surface area contributed by atoms with E-state index in [0.717, 1.165) is 12.4 Å². The van der Waals surface area contributed by atoms with E-state index >= 15 is 0 Å². The van der Waals surface area contributed by atoms with Gasteiger partial charge in [0.2, 0.25) is 0 Å². The zero-order chi connectivity index (χ0) is 11.6. The summed E-state index contributed by atoms with van der Waals surface area (Å²) in [5.41, 5.74) is 0.663. The van der Waals surface area contributed by atoms with E-state index in [1.807, 2.05) is 0 Å². The lowest BCUT2D eigenvalue weighted by molar-refractivity contribution is -0.834. The van der Waals surface area contributed by atoms with Crippen molar-refractivity contribution in [1.29, 1.82) is 0 Å². The molecule has 0 fully saturated rings. The minimum Gasteiger partial charge on any atom is -1.00 e. The Balaban J connectivity index is 0.00000225. The van der Waals surface area contributed by atoms with Gasteiger partial charge < -0.3 is 21.9 Å². The third-order valence-corrected chi connectivity index (χ3v) is 1.93. The standard InChI is InChI=1S/C9H11F4N2.BrH/c1-14(2)7-3-5-15(6-4-7)9(12,13)8(10)11;/h3-6,8H,1-2H3;1H/q+1;/p-1. The molecular weight excluding hydrogens is 292 g/mol. The van der Waals surface area contributed by atoms with Gasteiger partial charge in [0, 0.05) is 31.9 Å². The number of alkyl halides is 4. The van der Waals surface area contributed by atoms with Crippen LogP contribution in [0.25, 0.3) is 0 Å². The fourth-order valence-electron chi connectivity index (χ4n) is 1.03. The van der Waals surface area contributed by atoms with E-state index in [-0.39, 0.29) is 21.5 Å². The molecule has 0 radical (unpaired) electrons. The summed E-state index contributed by atoms with van der Waals surface area (Å²) < 4.78 is 49.8. The fraction of sp³-hybridized carbons (Fsp3) is 0.444. The molecule has 0 saturated carbocycles. The van der Waals surface area contributed by atoms with Gasteiger partial charge in [0.05, 0.1) is 0 Å². The molecule has 0 N–H and O–H groups in total. The highest BCUT2D eigenvalue weighted by Crippen LogP contribution is 2.22. The summed E-state index contributed by atoms with van der Waals surface area (Å²) >= 11 is 0. The highest BCUT2D eigenvalue weighted by Gasteiger charge is 2.51. The molecule has 0 atom stereocenters. The number of aromatic nitrogens is 1. The molecule has 1 aromatic rings. The predicted molar refractivity (Wildman–Crippen MR) is 47.2 cm³/mol. The fourth-order valence-corrected chi connectivity index (χ4v) is 1.03. The third-order valence-electron chi connectivity index (χ3n) is 1.93. The maximum absolute atomic E-state index is 12.8. The van der Waals surface area contributed by atoms with Crippen molar-refractivity contribution in [3.63, 3.8) is 0 Å². The first-order chi connectivity index (χ1) is 6.85. The smallest absolute Gasteiger partial charge is 0.524 e. The average molecular weight is 303 g/mol. The van der Waals surface area contributed by atoms with Gasteiger partial charge in [0.15, 0.2) is 12.4 Å². The van der Waals surface area contributed by atoms with Gasteiger partial charge >= 0.3 is 12.5 Å². The number of hydrogen-bond donors (Lipinski definition) is 0. The Morgan fingerprint density at radius 2 is 1.62 bits per heavy atom. The molecule has 1 heterocycles. The summed E-state index contributed by atoms with van der Waals surface area (Å²) in [6.07, 6.45) is -1.85. The van der Waals surface area contributed by atoms with E-state index in [1.165, 1.54) is 12.1 Å². The number of nitrogens with zero attached hydrogens (tertiary/aromatic N) is 2. The van der Waals surface area contributed by atoms with Gasteiger partial charge in [-0.3, -0.25) is 0 Å². The van der Waals surface area contributed by atoms with Crippen LogP contribution in [0.4, 0.5) is 23.2 Å². The highest BCUT2D eigenvalue weighted by atomic mass is 79.9. The summed E-state index contributed by atoms with van der Waals surface area (Å²) in [5, 5.41) is 0. The molecule has 7 heteroatoms. The van der Waals surface area contributed by atoms with Crippen molar-refractivity contribution in [3.8, 4) is 0 Å². The molecule has 0 unspecified atom stereocenters. The topological polar surface area (TPSA) is 7.12 Å². The van der Waals surface area contributed by atoms with E-state index in [0.29, 0.717) is 5.69 Å². The van der Waals surface area contributed by atoms with Crippen molar-refractivity contribution in [1.82, 2.24) is 0 Å². The van der Waals surface area contributed by atoms with Gasteiger partial charge in [0.1, 0.15) is 0 Å². The molecule has 92 valence electrons. The molecule has 0 bridgehead atoms. The second-order valence-corrected chi connectivity index (χ2v) is 3.25. The minimum atomic E-state index is -4.16. The first-order valence-corrected chi connectivity index (χ1v) is 4.21. The molecule has 16 heavy (non-hydrogen) atoms. The molecule has 0 aliphatic heterocycles. The Bertz CT molecular complexity index is 327. The SMILES string of the molecule is CN(C)c1cc[n+](C(F)(F)C(F)F)cc1.[Br-]. The van der Waals surface area contributed by atoms with Crippen molar-refractivity contribution in [2.24, 2.45) is 0 Å². The lowest BCUT2D eigenvalue weighted by atomic mass is 10.3. The van der Waals surface area contributed by atoms with E-state index in [9.17, 15) is 17.6 Å². The Kier molecular flexibility index (Phi) is 5.18. The summed E-state index contributed by atoms with van der Waals surface area (Å²) in [4.78, 5) is 1.69. The van der Waals surface area contributed by atoms with Gasteiger partial charge in [0.25, 0.3) is 0 Å². The van der Waals surface area contributed by atoms with Crippen molar-refractivity contribution in [2.45, 2.75) is 12.5 Å². The maximum atomic E-state index is 12.8. The molecule has 0 amide bonds. The predicted octanol–water partition coefficient (Wildman–Crippen LogP) is -1.14. The molecule has 0 aliphatic carbocycles. The molecule has 2 nitrogen and oxygen atoms in total. The van der Waals surface area contributed by atoms with Crippen LogP contribution < -0.4 is 26.4 Å². The first kappa shape index (κ1) is 15.2. The third kappa shape index (κ3) is 3.07. The zero-order valence-electron chi connectivity index (χ0n) is 8.67. The van der Waals surface area contributed by atoms with Gasteiger partial charge in [-0.25, -0.2) is 0 Å². The average Bonchev–Trinajstić information content (AvgIpc) is 2.17. The van der Waals surface area contributed by atoms with E-state index in [4.69, 9.17) is 0 Å². The molecule has 0 aromatic carbocycles. The highest BCUT2D eigenvalue weighted by molar-refractivity contribution is 5.41. The number of halogens is 5. The number of hydrogen-bond acceptors (Lipinski definition) is 1. The van der Waals surface area contributed by atoms with Crippen LogP contribution in [0, 0.1) is 0 Å². The number of pyridine rings is 1. The monoisotopic (exact) mass is 302 g/mol. The summed E-state index contributed by atoms with van der Waals surface area (Å²) in [5.74, 6) is 0. The van der Waals surface area contributed by atoms with Crippen LogP contribution >= 0.6 is 0 Å². The van der Waals surface area contributed by atoms with Crippen LogP contribution in [-0.4, -0.2) is 20.5 Å². The van der Waals surface area contributed by atoms with Crippen molar-refractivity contribution in [2.75, 3.05) is 19.0 Å². The Morgan fingerprint density at radius 3 is 1.94 bits per heavy atom. The Hall–Kier alpha value is -0.850. The van der Waals surface area contributed by atoms with E-state index < -0.39 is 12.5 Å². The van der Waals surface area contributed by atoms with E-state index in [1.54, 1.807) is 19.0 Å². The molecule has 1 rings (SSSR count). The van der Waals surface area contributed by atoms with Gasteiger partial charge in [-0.05, 0) is 0 Å².